The summed E-state index contributed by atoms with van der Waals surface area (Å²) in [6, 6.07) is 9.52. The molecular formula is C14H18N2O3. The molecule has 1 aliphatic heterocycles. The Labute approximate surface area is 112 Å². The van der Waals surface area contributed by atoms with Gasteiger partial charge in [0, 0.05) is 19.5 Å². The Balaban J connectivity index is 1.65. The number of hydrogen-bond acceptors (Lipinski definition) is 3. The van der Waals surface area contributed by atoms with Crippen LogP contribution >= 0.6 is 0 Å². The van der Waals surface area contributed by atoms with Crippen molar-refractivity contribution in [1.29, 1.82) is 0 Å². The van der Waals surface area contributed by atoms with Gasteiger partial charge in [0.05, 0.1) is 13.2 Å². The van der Waals surface area contributed by atoms with Crippen LogP contribution in [-0.2, 0) is 9.59 Å². The summed E-state index contributed by atoms with van der Waals surface area (Å²) in [7, 11) is 0. The largest absolute Gasteiger partial charge is 0.494 e. The van der Waals surface area contributed by atoms with E-state index >= 15 is 0 Å². The topological polar surface area (TPSA) is 58.6 Å². The molecule has 0 aromatic heterocycles. The Kier molecular flexibility index (Phi) is 4.78. The highest BCUT2D eigenvalue weighted by atomic mass is 16.5. The molecule has 1 aromatic rings. The van der Waals surface area contributed by atoms with Crippen molar-refractivity contribution >= 4 is 11.8 Å². The van der Waals surface area contributed by atoms with Crippen LogP contribution in [0.1, 0.15) is 12.8 Å². The predicted octanol–water partition coefficient (Wildman–Crippen LogP) is 0.804. The Morgan fingerprint density at radius 3 is 2.84 bits per heavy atom. The van der Waals surface area contributed by atoms with Gasteiger partial charge in [-0.25, -0.2) is 0 Å². The van der Waals surface area contributed by atoms with Gasteiger partial charge in [0.2, 0.25) is 11.8 Å². The van der Waals surface area contributed by atoms with Gasteiger partial charge in [0.1, 0.15) is 5.75 Å². The molecule has 2 amide bonds. The monoisotopic (exact) mass is 262 g/mol. The molecule has 1 aliphatic rings. The molecule has 0 unspecified atom stereocenters. The van der Waals surface area contributed by atoms with Gasteiger partial charge in [-0.1, -0.05) is 18.2 Å². The Bertz CT molecular complexity index is 434. The average Bonchev–Trinajstić information content (AvgIpc) is 2.44. The van der Waals surface area contributed by atoms with Crippen LogP contribution < -0.4 is 10.1 Å². The molecule has 5 nitrogen and oxygen atoms in total. The summed E-state index contributed by atoms with van der Waals surface area (Å²) in [6.07, 6.45) is 1.08. The SMILES string of the molecule is O=C1CN(C(=O)CCCOc2ccccc2)CCN1. The van der Waals surface area contributed by atoms with E-state index in [-0.39, 0.29) is 18.4 Å². The standard InChI is InChI=1S/C14H18N2O3/c17-13-11-16(9-8-15-13)14(18)7-4-10-19-12-5-2-1-3-6-12/h1-3,5-6H,4,7-11H2,(H,15,17). The molecule has 1 N–H and O–H groups in total. The molecule has 19 heavy (non-hydrogen) atoms. The number of carbonyl (C=O) groups excluding carboxylic acids is 2. The van der Waals surface area contributed by atoms with Gasteiger partial charge in [-0.3, -0.25) is 9.59 Å². The molecule has 0 bridgehead atoms. The van der Waals surface area contributed by atoms with Gasteiger partial charge in [-0.15, -0.1) is 0 Å². The molecule has 0 atom stereocenters. The Hall–Kier alpha value is -2.04. The Morgan fingerprint density at radius 1 is 1.32 bits per heavy atom. The van der Waals surface area contributed by atoms with E-state index in [2.05, 4.69) is 5.32 Å². The summed E-state index contributed by atoms with van der Waals surface area (Å²) in [5, 5.41) is 2.70. The number of amides is 2. The van der Waals surface area contributed by atoms with Crippen LogP contribution in [-0.4, -0.2) is 43.0 Å². The first-order valence-electron chi connectivity index (χ1n) is 6.48. The summed E-state index contributed by atoms with van der Waals surface area (Å²) in [5.41, 5.74) is 0. The van der Waals surface area contributed by atoms with Crippen LogP contribution in [0.2, 0.25) is 0 Å². The molecule has 2 rings (SSSR count). The third kappa shape index (κ3) is 4.28. The number of carbonyl (C=O) groups is 2. The first-order chi connectivity index (χ1) is 9.25. The molecule has 1 heterocycles. The maximum atomic E-state index is 11.8. The number of piperazine rings is 1. The lowest BCUT2D eigenvalue weighted by Gasteiger charge is -2.26. The molecule has 1 fully saturated rings. The first-order valence-corrected chi connectivity index (χ1v) is 6.48. The minimum atomic E-state index is -0.0832. The molecule has 5 heteroatoms. The van der Waals surface area contributed by atoms with Crippen LogP contribution in [0.25, 0.3) is 0 Å². The highest BCUT2D eigenvalue weighted by molar-refractivity contribution is 5.85. The van der Waals surface area contributed by atoms with E-state index in [1.807, 2.05) is 30.3 Å². The second-order valence-electron chi connectivity index (χ2n) is 4.43. The normalized spacial score (nSPS) is 14.9. The zero-order valence-electron chi connectivity index (χ0n) is 10.8. The van der Waals surface area contributed by atoms with Gasteiger partial charge in [0.25, 0.3) is 0 Å². The fourth-order valence-electron chi connectivity index (χ4n) is 1.94. The van der Waals surface area contributed by atoms with Crippen LogP contribution in [0, 0.1) is 0 Å². The van der Waals surface area contributed by atoms with Crippen molar-refractivity contribution in [3.63, 3.8) is 0 Å². The zero-order chi connectivity index (χ0) is 13.5. The zero-order valence-corrected chi connectivity index (χ0v) is 10.8. The lowest BCUT2D eigenvalue weighted by atomic mass is 10.2. The van der Waals surface area contributed by atoms with Gasteiger partial charge in [0.15, 0.2) is 0 Å². The first kappa shape index (κ1) is 13.4. The maximum absolute atomic E-state index is 11.8. The van der Waals surface area contributed by atoms with E-state index in [0.29, 0.717) is 32.5 Å². The predicted molar refractivity (Wildman–Crippen MR) is 70.8 cm³/mol. The molecule has 1 aromatic carbocycles. The minimum absolute atomic E-state index is 0.0199. The van der Waals surface area contributed by atoms with E-state index in [1.165, 1.54) is 0 Å². The molecule has 0 spiro atoms. The summed E-state index contributed by atoms with van der Waals surface area (Å²) in [6.45, 7) is 1.84. The van der Waals surface area contributed by atoms with Gasteiger partial charge in [-0.2, -0.15) is 0 Å². The fourth-order valence-corrected chi connectivity index (χ4v) is 1.94. The smallest absolute Gasteiger partial charge is 0.239 e. The van der Waals surface area contributed by atoms with Crippen molar-refractivity contribution in [2.45, 2.75) is 12.8 Å². The van der Waals surface area contributed by atoms with Crippen molar-refractivity contribution in [1.82, 2.24) is 10.2 Å². The minimum Gasteiger partial charge on any atom is -0.494 e. The fraction of sp³-hybridized carbons (Fsp3) is 0.429. The van der Waals surface area contributed by atoms with E-state index in [0.717, 1.165) is 5.75 Å². The molecule has 102 valence electrons. The number of nitrogens with one attached hydrogen (secondary N) is 1. The second-order valence-corrected chi connectivity index (χ2v) is 4.43. The van der Waals surface area contributed by atoms with E-state index < -0.39 is 0 Å². The number of ether oxygens (including phenoxy) is 1. The van der Waals surface area contributed by atoms with Gasteiger partial charge < -0.3 is 15.0 Å². The number of para-hydroxylation sites is 1. The summed E-state index contributed by atoms with van der Waals surface area (Å²) >= 11 is 0. The molecule has 0 aliphatic carbocycles. The third-order valence-electron chi connectivity index (χ3n) is 2.94. The van der Waals surface area contributed by atoms with Crippen LogP contribution in [0.15, 0.2) is 30.3 Å². The molecule has 1 saturated heterocycles. The second kappa shape index (κ2) is 6.78. The van der Waals surface area contributed by atoms with Crippen molar-refractivity contribution in [2.24, 2.45) is 0 Å². The molecule has 0 saturated carbocycles. The van der Waals surface area contributed by atoms with E-state index in [4.69, 9.17) is 4.74 Å². The van der Waals surface area contributed by atoms with Crippen molar-refractivity contribution < 1.29 is 14.3 Å². The molecule has 0 radical (unpaired) electrons. The van der Waals surface area contributed by atoms with E-state index in [9.17, 15) is 9.59 Å². The van der Waals surface area contributed by atoms with Gasteiger partial charge >= 0.3 is 0 Å². The van der Waals surface area contributed by atoms with Gasteiger partial charge in [-0.05, 0) is 18.6 Å². The highest BCUT2D eigenvalue weighted by Crippen LogP contribution is 2.09. The van der Waals surface area contributed by atoms with Crippen molar-refractivity contribution in [2.75, 3.05) is 26.2 Å². The van der Waals surface area contributed by atoms with E-state index in [1.54, 1.807) is 4.90 Å². The van der Waals surface area contributed by atoms with Crippen LogP contribution in [0.5, 0.6) is 5.75 Å². The number of hydrogen-bond donors (Lipinski definition) is 1. The summed E-state index contributed by atoms with van der Waals surface area (Å²) in [4.78, 5) is 24.6. The van der Waals surface area contributed by atoms with Crippen molar-refractivity contribution in [3.8, 4) is 5.75 Å². The number of rotatable bonds is 5. The Morgan fingerprint density at radius 2 is 2.11 bits per heavy atom. The maximum Gasteiger partial charge on any atom is 0.239 e. The lowest BCUT2D eigenvalue weighted by Crippen LogP contribution is -2.49. The highest BCUT2D eigenvalue weighted by Gasteiger charge is 2.20. The number of benzene rings is 1. The molecular weight excluding hydrogens is 244 g/mol. The lowest BCUT2D eigenvalue weighted by molar-refractivity contribution is -0.138. The average molecular weight is 262 g/mol. The van der Waals surface area contributed by atoms with Crippen LogP contribution in [0.3, 0.4) is 0 Å². The van der Waals surface area contributed by atoms with Crippen LogP contribution in [0.4, 0.5) is 0 Å². The number of nitrogens with zero attached hydrogens (tertiary/aromatic N) is 1. The summed E-state index contributed by atoms with van der Waals surface area (Å²) in [5.74, 6) is 0.749. The quantitative estimate of drug-likeness (QED) is 0.799. The summed E-state index contributed by atoms with van der Waals surface area (Å²) < 4.78 is 5.51. The van der Waals surface area contributed by atoms with Crippen molar-refractivity contribution in [3.05, 3.63) is 30.3 Å². The third-order valence-corrected chi connectivity index (χ3v) is 2.94.